The van der Waals surface area contributed by atoms with Crippen LogP contribution in [0.1, 0.15) is 31.4 Å². The Morgan fingerprint density at radius 2 is 2.12 bits per heavy atom. The van der Waals surface area contributed by atoms with Gasteiger partial charge in [-0.25, -0.2) is 4.39 Å². The normalized spacial score (nSPS) is 14.8. The lowest BCUT2D eigenvalue weighted by Crippen LogP contribution is -2.40. The minimum absolute atomic E-state index is 0.0823. The van der Waals surface area contributed by atoms with Crippen molar-refractivity contribution in [3.05, 3.63) is 35.1 Å². The number of nitrogens with one attached hydrogen (secondary N) is 1. The largest absolute Gasteiger partial charge is 0.396 e. The van der Waals surface area contributed by atoms with E-state index < -0.39 is 0 Å². The van der Waals surface area contributed by atoms with Crippen LogP contribution in [-0.2, 0) is 5.54 Å². The Morgan fingerprint density at radius 3 is 2.62 bits per heavy atom. The molecule has 0 aromatic heterocycles. The van der Waals surface area contributed by atoms with Crippen LogP contribution < -0.4 is 5.32 Å². The summed E-state index contributed by atoms with van der Waals surface area (Å²) in [5.41, 5.74) is 1.16. The maximum Gasteiger partial charge on any atom is 0.126 e. The number of aryl methyl sites for hydroxylation is 1. The molecule has 0 saturated heterocycles. The van der Waals surface area contributed by atoms with E-state index >= 15 is 0 Å². The molecule has 1 rings (SSSR count). The minimum atomic E-state index is -0.363. The average molecular weight is 225 g/mol. The minimum Gasteiger partial charge on any atom is -0.396 e. The van der Waals surface area contributed by atoms with Crippen molar-refractivity contribution in [2.45, 2.75) is 32.7 Å². The van der Waals surface area contributed by atoms with Gasteiger partial charge < -0.3 is 10.4 Å². The van der Waals surface area contributed by atoms with Gasteiger partial charge in [-0.1, -0.05) is 19.1 Å². The van der Waals surface area contributed by atoms with Gasteiger partial charge in [0.2, 0.25) is 0 Å². The zero-order valence-corrected chi connectivity index (χ0v) is 10.2. The van der Waals surface area contributed by atoms with E-state index in [1.807, 2.05) is 19.9 Å². The van der Waals surface area contributed by atoms with Crippen molar-refractivity contribution >= 4 is 0 Å². The number of aliphatic hydroxyl groups is 1. The van der Waals surface area contributed by atoms with Crippen LogP contribution in [0.3, 0.4) is 0 Å². The lowest BCUT2D eigenvalue weighted by molar-refractivity contribution is 0.222. The number of hydrogen-bond donors (Lipinski definition) is 2. The maximum absolute atomic E-state index is 13.5. The number of aliphatic hydroxyl groups excluding tert-OH is 1. The van der Waals surface area contributed by atoms with Crippen molar-refractivity contribution in [2.24, 2.45) is 0 Å². The summed E-state index contributed by atoms with van der Waals surface area (Å²) >= 11 is 0. The van der Waals surface area contributed by atoms with Gasteiger partial charge in [0.25, 0.3) is 0 Å². The molecule has 1 aromatic carbocycles. The molecule has 1 atom stereocenters. The molecule has 2 N–H and O–H groups in total. The van der Waals surface area contributed by atoms with Crippen LogP contribution in [0.4, 0.5) is 4.39 Å². The van der Waals surface area contributed by atoms with Crippen LogP contribution in [0.2, 0.25) is 0 Å². The van der Waals surface area contributed by atoms with Gasteiger partial charge in [0.1, 0.15) is 5.82 Å². The van der Waals surface area contributed by atoms with Gasteiger partial charge in [0, 0.05) is 12.1 Å². The molecule has 0 radical (unpaired) electrons. The first-order chi connectivity index (χ1) is 7.53. The van der Waals surface area contributed by atoms with Crippen LogP contribution >= 0.6 is 0 Å². The monoisotopic (exact) mass is 225 g/mol. The Kier molecular flexibility index (Phi) is 4.44. The van der Waals surface area contributed by atoms with Crippen molar-refractivity contribution < 1.29 is 9.50 Å². The number of rotatable bonds is 5. The molecule has 0 amide bonds. The first-order valence-electron chi connectivity index (χ1n) is 5.66. The first kappa shape index (κ1) is 13.1. The molecule has 1 unspecified atom stereocenters. The van der Waals surface area contributed by atoms with Crippen LogP contribution in [0.15, 0.2) is 18.2 Å². The Bertz CT molecular complexity index is 346. The SMILES string of the molecule is CCNC(C)(CCO)c1ccc(C)c(F)c1. The summed E-state index contributed by atoms with van der Waals surface area (Å²) in [4.78, 5) is 0. The molecule has 0 aliphatic heterocycles. The number of hydrogen-bond acceptors (Lipinski definition) is 2. The molecular formula is C13H20FNO. The van der Waals surface area contributed by atoms with E-state index in [4.69, 9.17) is 5.11 Å². The zero-order chi connectivity index (χ0) is 12.2. The average Bonchev–Trinajstić information content (AvgIpc) is 2.22. The third-order valence-corrected chi connectivity index (χ3v) is 2.99. The lowest BCUT2D eigenvalue weighted by atomic mass is 9.88. The summed E-state index contributed by atoms with van der Waals surface area (Å²) < 4.78 is 13.5. The second kappa shape index (κ2) is 5.41. The van der Waals surface area contributed by atoms with Gasteiger partial charge in [0.05, 0.1) is 0 Å². The molecule has 2 nitrogen and oxygen atoms in total. The molecule has 0 aliphatic rings. The summed E-state index contributed by atoms with van der Waals surface area (Å²) in [7, 11) is 0. The summed E-state index contributed by atoms with van der Waals surface area (Å²) in [6.07, 6.45) is 0.573. The highest BCUT2D eigenvalue weighted by atomic mass is 19.1. The Hall–Kier alpha value is -0.930. The quantitative estimate of drug-likeness (QED) is 0.806. The highest BCUT2D eigenvalue weighted by Crippen LogP contribution is 2.25. The van der Waals surface area contributed by atoms with Crippen LogP contribution in [0, 0.1) is 12.7 Å². The Labute approximate surface area is 96.5 Å². The lowest BCUT2D eigenvalue weighted by Gasteiger charge is -2.31. The van der Waals surface area contributed by atoms with E-state index in [1.54, 1.807) is 19.1 Å². The second-order valence-electron chi connectivity index (χ2n) is 4.30. The van der Waals surface area contributed by atoms with Crippen molar-refractivity contribution in [1.82, 2.24) is 5.32 Å². The summed E-state index contributed by atoms with van der Waals surface area (Å²) in [5, 5.41) is 12.4. The van der Waals surface area contributed by atoms with Gasteiger partial charge in [-0.05, 0) is 44.0 Å². The standard InChI is InChI=1S/C13H20FNO/c1-4-15-13(3,7-8-16)11-6-5-10(2)12(14)9-11/h5-6,9,15-16H,4,7-8H2,1-3H3. The van der Waals surface area contributed by atoms with Gasteiger partial charge in [-0.3, -0.25) is 0 Å². The number of halogens is 1. The fourth-order valence-electron chi connectivity index (χ4n) is 1.88. The van der Waals surface area contributed by atoms with Gasteiger partial charge in [-0.15, -0.1) is 0 Å². The molecule has 0 bridgehead atoms. The molecule has 0 spiro atoms. The summed E-state index contributed by atoms with van der Waals surface area (Å²) in [5.74, 6) is -0.195. The smallest absolute Gasteiger partial charge is 0.126 e. The van der Waals surface area contributed by atoms with E-state index in [0.717, 1.165) is 12.1 Å². The summed E-state index contributed by atoms with van der Waals surface area (Å²) in [6, 6.07) is 5.24. The second-order valence-corrected chi connectivity index (χ2v) is 4.30. The molecule has 1 aromatic rings. The van der Waals surface area contributed by atoms with E-state index in [0.29, 0.717) is 12.0 Å². The molecular weight excluding hydrogens is 205 g/mol. The molecule has 3 heteroatoms. The van der Waals surface area contributed by atoms with Crippen molar-refractivity contribution in [3.8, 4) is 0 Å². The molecule has 16 heavy (non-hydrogen) atoms. The van der Waals surface area contributed by atoms with E-state index in [1.165, 1.54) is 0 Å². The maximum atomic E-state index is 13.5. The van der Waals surface area contributed by atoms with Crippen molar-refractivity contribution in [1.29, 1.82) is 0 Å². The highest BCUT2D eigenvalue weighted by molar-refractivity contribution is 5.28. The topological polar surface area (TPSA) is 32.3 Å². The molecule has 0 fully saturated rings. The van der Waals surface area contributed by atoms with E-state index in [-0.39, 0.29) is 18.0 Å². The van der Waals surface area contributed by atoms with Crippen molar-refractivity contribution in [2.75, 3.05) is 13.2 Å². The van der Waals surface area contributed by atoms with Crippen LogP contribution in [0.5, 0.6) is 0 Å². The Morgan fingerprint density at radius 1 is 1.44 bits per heavy atom. The van der Waals surface area contributed by atoms with E-state index in [2.05, 4.69) is 5.32 Å². The van der Waals surface area contributed by atoms with E-state index in [9.17, 15) is 4.39 Å². The van der Waals surface area contributed by atoms with Crippen molar-refractivity contribution in [3.63, 3.8) is 0 Å². The molecule has 0 aliphatic carbocycles. The third-order valence-electron chi connectivity index (χ3n) is 2.99. The molecule has 90 valence electrons. The highest BCUT2D eigenvalue weighted by Gasteiger charge is 2.25. The predicted molar refractivity (Wildman–Crippen MR) is 63.9 cm³/mol. The van der Waals surface area contributed by atoms with Gasteiger partial charge in [-0.2, -0.15) is 0 Å². The van der Waals surface area contributed by atoms with Crippen LogP contribution in [-0.4, -0.2) is 18.3 Å². The fraction of sp³-hybridized carbons (Fsp3) is 0.538. The third kappa shape index (κ3) is 2.80. The molecule has 0 saturated carbocycles. The first-order valence-corrected chi connectivity index (χ1v) is 5.66. The predicted octanol–water partition coefficient (Wildman–Crippen LogP) is 2.34. The van der Waals surface area contributed by atoms with Crippen LogP contribution in [0.25, 0.3) is 0 Å². The molecule has 0 heterocycles. The number of benzene rings is 1. The zero-order valence-electron chi connectivity index (χ0n) is 10.2. The fourth-order valence-corrected chi connectivity index (χ4v) is 1.88. The summed E-state index contributed by atoms with van der Waals surface area (Å²) in [6.45, 7) is 6.59. The van der Waals surface area contributed by atoms with Gasteiger partial charge in [0.15, 0.2) is 0 Å². The Balaban J connectivity index is 3.05. The van der Waals surface area contributed by atoms with Gasteiger partial charge >= 0.3 is 0 Å².